The van der Waals surface area contributed by atoms with Gasteiger partial charge in [-0.25, -0.2) is 22.3 Å². The van der Waals surface area contributed by atoms with Gasteiger partial charge in [-0.05, 0) is 43.9 Å². The average molecular weight is 317 g/mol. The number of amides is 4. The van der Waals surface area contributed by atoms with Crippen LogP contribution in [0, 0.1) is 17.8 Å². The number of hydrogen-bond donors (Lipinski definition) is 2. The third kappa shape index (κ3) is 3.66. The molecule has 0 saturated heterocycles. The van der Waals surface area contributed by atoms with Crippen molar-refractivity contribution in [3.63, 3.8) is 0 Å². The van der Waals surface area contributed by atoms with Gasteiger partial charge in [-0.3, -0.25) is 5.32 Å². The Labute approximate surface area is 125 Å². The summed E-state index contributed by atoms with van der Waals surface area (Å²) < 4.78 is 22.9. The van der Waals surface area contributed by atoms with E-state index in [0.29, 0.717) is 16.1 Å². The molecule has 2 aliphatic rings. The fourth-order valence-corrected chi connectivity index (χ4v) is 3.93. The Bertz CT molecular complexity index is 534. The van der Waals surface area contributed by atoms with Crippen LogP contribution in [0.25, 0.3) is 0 Å². The molecule has 0 unspecified atom stereocenters. The van der Waals surface area contributed by atoms with Crippen molar-refractivity contribution in [1.29, 1.82) is 0 Å². The van der Waals surface area contributed by atoms with E-state index in [0.717, 1.165) is 25.6 Å². The van der Waals surface area contributed by atoms with Gasteiger partial charge in [0, 0.05) is 13.1 Å². The van der Waals surface area contributed by atoms with Crippen molar-refractivity contribution in [1.82, 2.24) is 14.9 Å². The lowest BCUT2D eigenvalue weighted by Gasteiger charge is -2.28. The van der Waals surface area contributed by atoms with Gasteiger partial charge in [0.1, 0.15) is 0 Å². The SMILES string of the molecule is C[C@H](NC(=O)NC(=O)N(C)S(C)(=O)=O)[C@H]1C[C@@H]2CC[C@H]1C2. The van der Waals surface area contributed by atoms with Gasteiger partial charge in [-0.1, -0.05) is 6.42 Å². The van der Waals surface area contributed by atoms with E-state index in [9.17, 15) is 18.0 Å². The Kier molecular flexibility index (Phi) is 4.46. The van der Waals surface area contributed by atoms with Crippen LogP contribution in [-0.4, -0.2) is 44.1 Å². The zero-order chi connectivity index (χ0) is 15.8. The Morgan fingerprint density at radius 2 is 1.90 bits per heavy atom. The maximum absolute atomic E-state index is 11.8. The van der Waals surface area contributed by atoms with Crippen LogP contribution >= 0.6 is 0 Å². The molecule has 4 amide bonds. The van der Waals surface area contributed by atoms with Gasteiger partial charge in [0.15, 0.2) is 0 Å². The van der Waals surface area contributed by atoms with E-state index in [1.807, 2.05) is 12.2 Å². The van der Waals surface area contributed by atoms with E-state index in [-0.39, 0.29) is 6.04 Å². The molecule has 7 nitrogen and oxygen atoms in total. The highest BCUT2D eigenvalue weighted by Crippen LogP contribution is 2.49. The molecule has 2 aliphatic carbocycles. The quantitative estimate of drug-likeness (QED) is 0.815. The lowest BCUT2D eigenvalue weighted by atomic mass is 9.84. The number of sulfonamides is 1. The normalized spacial score (nSPS) is 29.0. The van der Waals surface area contributed by atoms with Crippen molar-refractivity contribution in [3.05, 3.63) is 0 Å². The standard InChI is InChI=1S/C13H23N3O4S/c1-8(11-7-9-4-5-10(11)6-9)14-12(17)15-13(18)16(2)21(3,19)20/h8-11H,4-7H2,1-3H3,(H2,14,15,17,18)/t8-,9+,10-,11+/m0/s1. The fourth-order valence-electron chi connectivity index (χ4n) is 3.58. The van der Waals surface area contributed by atoms with Gasteiger partial charge in [-0.2, -0.15) is 0 Å². The monoisotopic (exact) mass is 317 g/mol. The zero-order valence-electron chi connectivity index (χ0n) is 12.6. The maximum Gasteiger partial charge on any atom is 0.338 e. The first-order valence-corrected chi connectivity index (χ1v) is 9.08. The summed E-state index contributed by atoms with van der Waals surface area (Å²) in [6.45, 7) is 1.94. The number of carbonyl (C=O) groups excluding carboxylic acids is 2. The highest BCUT2D eigenvalue weighted by Gasteiger charge is 2.42. The molecule has 4 atom stereocenters. The van der Waals surface area contributed by atoms with Gasteiger partial charge in [0.25, 0.3) is 0 Å². The molecular weight excluding hydrogens is 294 g/mol. The van der Waals surface area contributed by atoms with Gasteiger partial charge >= 0.3 is 12.1 Å². The first-order chi connectivity index (χ1) is 9.68. The second-order valence-corrected chi connectivity index (χ2v) is 8.28. The van der Waals surface area contributed by atoms with Crippen LogP contribution in [0.2, 0.25) is 0 Å². The van der Waals surface area contributed by atoms with Crippen LogP contribution in [0.5, 0.6) is 0 Å². The zero-order valence-corrected chi connectivity index (χ0v) is 13.4. The summed E-state index contributed by atoms with van der Waals surface area (Å²) in [6.07, 6.45) is 5.79. The van der Waals surface area contributed by atoms with Crippen LogP contribution < -0.4 is 10.6 Å². The molecule has 21 heavy (non-hydrogen) atoms. The number of carbonyl (C=O) groups is 2. The Balaban J connectivity index is 1.83. The molecule has 2 saturated carbocycles. The summed E-state index contributed by atoms with van der Waals surface area (Å²) in [7, 11) is -2.55. The summed E-state index contributed by atoms with van der Waals surface area (Å²) in [4.78, 5) is 23.4. The van der Waals surface area contributed by atoms with E-state index in [1.54, 1.807) is 0 Å². The summed E-state index contributed by atoms with van der Waals surface area (Å²) in [5.41, 5.74) is 0. The van der Waals surface area contributed by atoms with Crippen molar-refractivity contribution in [3.8, 4) is 0 Å². The minimum Gasteiger partial charge on any atom is -0.335 e. The number of imide groups is 1. The third-order valence-corrected chi connectivity index (χ3v) is 5.96. The molecule has 0 heterocycles. The van der Waals surface area contributed by atoms with E-state index in [2.05, 4.69) is 5.32 Å². The van der Waals surface area contributed by atoms with Gasteiger partial charge in [0.2, 0.25) is 10.0 Å². The molecule has 0 spiro atoms. The van der Waals surface area contributed by atoms with Crippen LogP contribution in [0.3, 0.4) is 0 Å². The first kappa shape index (κ1) is 16.1. The molecule has 2 N–H and O–H groups in total. The summed E-state index contributed by atoms with van der Waals surface area (Å²) in [6, 6.07) is -1.61. The van der Waals surface area contributed by atoms with Crippen molar-refractivity contribution in [2.45, 2.75) is 38.6 Å². The van der Waals surface area contributed by atoms with E-state index < -0.39 is 22.1 Å². The Morgan fingerprint density at radius 1 is 1.24 bits per heavy atom. The predicted molar refractivity (Wildman–Crippen MR) is 78.1 cm³/mol. The minimum atomic E-state index is -3.66. The molecule has 0 aromatic carbocycles. The van der Waals surface area contributed by atoms with Crippen LogP contribution in [0.15, 0.2) is 0 Å². The molecule has 120 valence electrons. The lowest BCUT2D eigenvalue weighted by molar-refractivity contribution is 0.210. The number of hydrogen-bond acceptors (Lipinski definition) is 4. The van der Waals surface area contributed by atoms with E-state index in [1.165, 1.54) is 19.3 Å². The smallest absolute Gasteiger partial charge is 0.335 e. The average Bonchev–Trinajstić information content (AvgIpc) is 2.98. The molecule has 0 aliphatic heterocycles. The fraction of sp³-hybridized carbons (Fsp3) is 0.846. The molecule has 0 radical (unpaired) electrons. The molecule has 8 heteroatoms. The molecule has 2 bridgehead atoms. The molecule has 0 aromatic rings. The lowest BCUT2D eigenvalue weighted by Crippen LogP contribution is -2.50. The summed E-state index contributed by atoms with van der Waals surface area (Å²) in [5.74, 6) is 1.90. The van der Waals surface area contributed by atoms with Crippen LogP contribution in [0.1, 0.15) is 32.6 Å². The number of nitrogens with zero attached hydrogens (tertiary/aromatic N) is 1. The van der Waals surface area contributed by atoms with Crippen LogP contribution in [-0.2, 0) is 10.0 Å². The third-order valence-electron chi connectivity index (χ3n) is 4.80. The molecule has 2 rings (SSSR count). The number of rotatable bonds is 3. The summed E-state index contributed by atoms with van der Waals surface area (Å²) in [5, 5.41) is 4.79. The highest BCUT2D eigenvalue weighted by molar-refractivity contribution is 7.88. The van der Waals surface area contributed by atoms with Crippen LogP contribution in [0.4, 0.5) is 9.59 Å². The van der Waals surface area contributed by atoms with E-state index >= 15 is 0 Å². The topological polar surface area (TPSA) is 95.6 Å². The molecule has 0 aromatic heterocycles. The van der Waals surface area contributed by atoms with Crippen molar-refractivity contribution in [2.75, 3.05) is 13.3 Å². The predicted octanol–water partition coefficient (Wildman–Crippen LogP) is 1.12. The molecular formula is C13H23N3O4S. The van der Waals surface area contributed by atoms with Gasteiger partial charge in [-0.15, -0.1) is 0 Å². The first-order valence-electron chi connectivity index (χ1n) is 7.24. The second kappa shape index (κ2) is 5.82. The highest BCUT2D eigenvalue weighted by atomic mass is 32.2. The largest absolute Gasteiger partial charge is 0.338 e. The maximum atomic E-state index is 11.8. The van der Waals surface area contributed by atoms with Gasteiger partial charge < -0.3 is 5.32 Å². The van der Waals surface area contributed by atoms with Crippen molar-refractivity contribution >= 4 is 22.1 Å². The molecule has 2 fully saturated rings. The van der Waals surface area contributed by atoms with Crippen molar-refractivity contribution in [2.24, 2.45) is 17.8 Å². The Hall–Kier alpha value is -1.31. The van der Waals surface area contributed by atoms with E-state index in [4.69, 9.17) is 0 Å². The number of fused-ring (bicyclic) bond motifs is 2. The van der Waals surface area contributed by atoms with Crippen molar-refractivity contribution < 1.29 is 18.0 Å². The summed E-state index contributed by atoms with van der Waals surface area (Å²) >= 11 is 0. The van der Waals surface area contributed by atoms with Gasteiger partial charge in [0.05, 0.1) is 6.26 Å². The second-order valence-electron chi connectivity index (χ2n) is 6.26. The Morgan fingerprint density at radius 3 is 2.38 bits per heavy atom. The number of urea groups is 2. The minimum absolute atomic E-state index is 0.0170. The number of nitrogens with one attached hydrogen (secondary N) is 2.